The van der Waals surface area contributed by atoms with Crippen molar-refractivity contribution in [3.05, 3.63) is 82.8 Å². The molecule has 0 N–H and O–H groups in total. The van der Waals surface area contributed by atoms with Crippen LogP contribution in [0.3, 0.4) is 0 Å². The normalized spacial score (nSPS) is 16.4. The predicted octanol–water partition coefficient (Wildman–Crippen LogP) is 4.40. The molecule has 2 aromatic carbocycles. The summed E-state index contributed by atoms with van der Waals surface area (Å²) in [7, 11) is 0. The quantitative estimate of drug-likeness (QED) is 0.443. The molecule has 7 nitrogen and oxygen atoms in total. The Kier molecular flexibility index (Phi) is 4.52. The van der Waals surface area contributed by atoms with E-state index in [1.165, 1.54) is 0 Å². The number of pyridine rings is 1. The Morgan fingerprint density at radius 1 is 1.06 bits per heavy atom. The Hall–Kier alpha value is -3.87. The van der Waals surface area contributed by atoms with E-state index >= 15 is 0 Å². The summed E-state index contributed by atoms with van der Waals surface area (Å²) in [5, 5.41) is 12.6. The maximum Gasteiger partial charge on any atom is 0.339 e. The van der Waals surface area contributed by atoms with E-state index in [1.807, 2.05) is 42.5 Å². The van der Waals surface area contributed by atoms with Gasteiger partial charge in [-0.15, -0.1) is 5.10 Å². The first-order valence-electron chi connectivity index (χ1n) is 10.9. The molecule has 0 bridgehead atoms. The van der Waals surface area contributed by atoms with Crippen LogP contribution in [0.4, 0.5) is 0 Å². The van der Waals surface area contributed by atoms with Crippen molar-refractivity contribution in [3.8, 4) is 0 Å². The van der Waals surface area contributed by atoms with Gasteiger partial charge < -0.3 is 4.74 Å². The molecule has 1 saturated carbocycles. The lowest BCUT2D eigenvalue weighted by molar-refractivity contribution is 0.0457. The van der Waals surface area contributed by atoms with E-state index in [4.69, 9.17) is 9.72 Å². The summed E-state index contributed by atoms with van der Waals surface area (Å²) in [5.41, 5.74) is 5.51. The zero-order valence-corrected chi connectivity index (χ0v) is 17.4. The van der Waals surface area contributed by atoms with Crippen LogP contribution >= 0.6 is 0 Å². The molecule has 4 aromatic rings. The summed E-state index contributed by atoms with van der Waals surface area (Å²) >= 11 is 0. The number of nitrogens with zero attached hydrogens (tertiary/aromatic N) is 5. The molecule has 32 heavy (non-hydrogen) atoms. The average Bonchev–Trinajstić information content (AvgIpc) is 3.44. The Bertz CT molecular complexity index is 1360. The number of carbonyl (C=O) groups excluding carboxylic acids is 1. The SMILES string of the molecule is O=C(OCc1nnnn1C1CC1)c1c2c(nc3ccccc13)C(=Cc1ccccc1)CC2. The molecule has 2 heterocycles. The van der Waals surface area contributed by atoms with Gasteiger partial charge in [0, 0.05) is 5.39 Å². The first kappa shape index (κ1) is 18.9. The standard InChI is InChI=1S/C25H21N5O2/c31-25(32-15-22-27-28-29-30(22)18-11-12-18)23-19-8-4-5-9-21(19)26-24-17(10-13-20(23)24)14-16-6-2-1-3-7-16/h1-9,14,18H,10-13,15H2. The number of benzene rings is 2. The fourth-order valence-corrected chi connectivity index (χ4v) is 4.37. The van der Waals surface area contributed by atoms with Crippen molar-refractivity contribution in [3.63, 3.8) is 0 Å². The molecule has 7 heteroatoms. The van der Waals surface area contributed by atoms with Crippen LogP contribution in [0.15, 0.2) is 54.6 Å². The number of tetrazole rings is 1. The molecule has 0 saturated heterocycles. The fraction of sp³-hybridized carbons (Fsp3) is 0.240. The largest absolute Gasteiger partial charge is 0.454 e. The molecule has 0 unspecified atom stereocenters. The smallest absolute Gasteiger partial charge is 0.339 e. The number of allylic oxidation sites excluding steroid dienone is 1. The van der Waals surface area contributed by atoms with E-state index in [0.717, 1.165) is 59.0 Å². The predicted molar refractivity (Wildman–Crippen MR) is 120 cm³/mol. The minimum atomic E-state index is -0.355. The second kappa shape index (κ2) is 7.67. The second-order valence-corrected chi connectivity index (χ2v) is 8.26. The van der Waals surface area contributed by atoms with Crippen molar-refractivity contribution in [2.24, 2.45) is 0 Å². The molecule has 0 radical (unpaired) electrons. The molecule has 0 amide bonds. The van der Waals surface area contributed by atoms with Crippen LogP contribution in [0.25, 0.3) is 22.6 Å². The van der Waals surface area contributed by atoms with Gasteiger partial charge in [0.15, 0.2) is 12.4 Å². The molecule has 2 aliphatic carbocycles. The summed E-state index contributed by atoms with van der Waals surface area (Å²) in [6.45, 7) is 0.0560. The molecule has 0 atom stereocenters. The van der Waals surface area contributed by atoms with Crippen LogP contribution in [0.2, 0.25) is 0 Å². The number of esters is 1. The second-order valence-electron chi connectivity index (χ2n) is 8.26. The number of fused-ring (bicyclic) bond motifs is 2. The molecule has 2 aliphatic rings. The van der Waals surface area contributed by atoms with Crippen molar-refractivity contribution in [2.75, 3.05) is 0 Å². The average molecular weight is 423 g/mol. The first-order chi connectivity index (χ1) is 15.8. The molecule has 158 valence electrons. The van der Waals surface area contributed by atoms with Gasteiger partial charge in [-0.1, -0.05) is 48.5 Å². The number of hydrogen-bond donors (Lipinski definition) is 0. The highest BCUT2D eigenvalue weighted by Crippen LogP contribution is 2.38. The Morgan fingerprint density at radius 2 is 1.88 bits per heavy atom. The minimum absolute atomic E-state index is 0.0560. The van der Waals surface area contributed by atoms with E-state index < -0.39 is 0 Å². The lowest BCUT2D eigenvalue weighted by Crippen LogP contribution is -2.13. The number of rotatable bonds is 5. The summed E-state index contributed by atoms with van der Waals surface area (Å²) in [6.07, 6.45) is 5.88. The van der Waals surface area contributed by atoms with Crippen molar-refractivity contribution in [1.82, 2.24) is 25.2 Å². The van der Waals surface area contributed by atoms with Crippen LogP contribution in [0.1, 0.15) is 58.3 Å². The molecular weight excluding hydrogens is 402 g/mol. The molecule has 6 rings (SSSR count). The van der Waals surface area contributed by atoms with Crippen molar-refractivity contribution < 1.29 is 9.53 Å². The van der Waals surface area contributed by atoms with E-state index in [0.29, 0.717) is 17.4 Å². The lowest BCUT2D eigenvalue weighted by Gasteiger charge is -2.12. The van der Waals surface area contributed by atoms with Crippen molar-refractivity contribution >= 4 is 28.5 Å². The van der Waals surface area contributed by atoms with Gasteiger partial charge in [0.25, 0.3) is 0 Å². The first-order valence-corrected chi connectivity index (χ1v) is 10.9. The molecule has 0 spiro atoms. The van der Waals surface area contributed by atoms with E-state index in [-0.39, 0.29) is 12.6 Å². The van der Waals surface area contributed by atoms with Crippen LogP contribution in [0, 0.1) is 0 Å². The Balaban J connectivity index is 1.38. The van der Waals surface area contributed by atoms with Gasteiger partial charge in [-0.25, -0.2) is 14.5 Å². The van der Waals surface area contributed by atoms with Gasteiger partial charge in [-0.2, -0.15) is 0 Å². The maximum atomic E-state index is 13.3. The summed E-state index contributed by atoms with van der Waals surface area (Å²) < 4.78 is 7.50. The van der Waals surface area contributed by atoms with Gasteiger partial charge in [0.05, 0.1) is 22.8 Å². The van der Waals surface area contributed by atoms with Crippen molar-refractivity contribution in [1.29, 1.82) is 0 Å². The van der Waals surface area contributed by atoms with Crippen LogP contribution < -0.4 is 0 Å². The number of para-hydroxylation sites is 1. The van der Waals surface area contributed by atoms with Crippen LogP contribution in [-0.2, 0) is 17.8 Å². The Morgan fingerprint density at radius 3 is 2.72 bits per heavy atom. The summed E-state index contributed by atoms with van der Waals surface area (Å²) in [6, 6.07) is 18.3. The third-order valence-electron chi connectivity index (χ3n) is 6.07. The summed E-state index contributed by atoms with van der Waals surface area (Å²) in [4.78, 5) is 18.2. The van der Waals surface area contributed by atoms with Gasteiger partial charge in [-0.05, 0) is 65.0 Å². The summed E-state index contributed by atoms with van der Waals surface area (Å²) in [5.74, 6) is 0.228. The third-order valence-corrected chi connectivity index (χ3v) is 6.07. The van der Waals surface area contributed by atoms with Gasteiger partial charge in [-0.3, -0.25) is 0 Å². The van der Waals surface area contributed by atoms with Crippen LogP contribution in [0.5, 0.6) is 0 Å². The minimum Gasteiger partial charge on any atom is -0.454 e. The van der Waals surface area contributed by atoms with E-state index in [2.05, 4.69) is 33.7 Å². The zero-order chi connectivity index (χ0) is 21.5. The van der Waals surface area contributed by atoms with E-state index in [1.54, 1.807) is 4.68 Å². The van der Waals surface area contributed by atoms with Gasteiger partial charge in [0.2, 0.25) is 0 Å². The molecule has 0 aliphatic heterocycles. The van der Waals surface area contributed by atoms with Crippen molar-refractivity contribution in [2.45, 2.75) is 38.3 Å². The lowest BCUT2D eigenvalue weighted by atomic mass is 10.0. The number of aromatic nitrogens is 5. The molecule has 2 aromatic heterocycles. The van der Waals surface area contributed by atoms with Gasteiger partial charge in [0.1, 0.15) is 0 Å². The Labute approximate surface area is 184 Å². The molecule has 1 fully saturated rings. The highest BCUT2D eigenvalue weighted by Gasteiger charge is 2.30. The highest BCUT2D eigenvalue weighted by atomic mass is 16.5. The monoisotopic (exact) mass is 423 g/mol. The van der Waals surface area contributed by atoms with E-state index in [9.17, 15) is 4.79 Å². The number of ether oxygens (including phenoxy) is 1. The maximum absolute atomic E-state index is 13.3. The zero-order valence-electron chi connectivity index (χ0n) is 17.4. The van der Waals surface area contributed by atoms with Crippen LogP contribution in [-0.4, -0.2) is 31.2 Å². The number of carbonyl (C=O) groups is 1. The third kappa shape index (κ3) is 3.36. The topological polar surface area (TPSA) is 82.8 Å². The number of hydrogen-bond acceptors (Lipinski definition) is 6. The fourth-order valence-electron chi connectivity index (χ4n) is 4.37. The van der Waals surface area contributed by atoms with Gasteiger partial charge >= 0.3 is 5.97 Å². The molecular formula is C25H21N5O2. The highest BCUT2D eigenvalue weighted by molar-refractivity contribution is 6.07.